The third-order valence-electron chi connectivity index (χ3n) is 3.06. The van der Waals surface area contributed by atoms with Gasteiger partial charge in [-0.05, 0) is 17.7 Å². The van der Waals surface area contributed by atoms with Crippen molar-refractivity contribution < 1.29 is 4.79 Å². The number of amides is 1. The SMILES string of the molecule is CN(CCN)C(=O)c1cccn1Cc1ccccc1. The molecule has 0 aliphatic rings. The number of carbonyl (C=O) groups excluding carboxylic acids is 1. The van der Waals surface area contributed by atoms with Crippen LogP contribution in [0, 0.1) is 0 Å². The average Bonchev–Trinajstić information content (AvgIpc) is 2.87. The predicted molar refractivity (Wildman–Crippen MR) is 76.0 cm³/mol. The number of hydrogen-bond donors (Lipinski definition) is 1. The highest BCUT2D eigenvalue weighted by Gasteiger charge is 2.14. The van der Waals surface area contributed by atoms with Crippen molar-refractivity contribution in [2.24, 2.45) is 5.73 Å². The van der Waals surface area contributed by atoms with Gasteiger partial charge in [-0.15, -0.1) is 0 Å². The standard InChI is InChI=1S/C15H19N3O/c1-17(11-9-16)15(19)14-8-5-10-18(14)12-13-6-3-2-4-7-13/h2-8,10H,9,11-12,16H2,1H3. The highest BCUT2D eigenvalue weighted by atomic mass is 16.2. The zero-order valence-corrected chi connectivity index (χ0v) is 11.1. The normalized spacial score (nSPS) is 10.4. The molecule has 4 nitrogen and oxygen atoms in total. The van der Waals surface area contributed by atoms with Crippen LogP contribution < -0.4 is 5.73 Å². The summed E-state index contributed by atoms with van der Waals surface area (Å²) in [4.78, 5) is 13.9. The van der Waals surface area contributed by atoms with Gasteiger partial charge in [-0.2, -0.15) is 0 Å². The molecule has 1 aromatic carbocycles. The molecule has 2 aromatic rings. The maximum Gasteiger partial charge on any atom is 0.270 e. The van der Waals surface area contributed by atoms with Crippen molar-refractivity contribution in [3.05, 3.63) is 59.9 Å². The summed E-state index contributed by atoms with van der Waals surface area (Å²) >= 11 is 0. The maximum absolute atomic E-state index is 12.3. The summed E-state index contributed by atoms with van der Waals surface area (Å²) in [7, 11) is 1.77. The highest BCUT2D eigenvalue weighted by Crippen LogP contribution is 2.09. The van der Waals surface area contributed by atoms with Gasteiger partial charge < -0.3 is 15.2 Å². The lowest BCUT2D eigenvalue weighted by molar-refractivity contribution is 0.0789. The van der Waals surface area contributed by atoms with Crippen LogP contribution in [0.25, 0.3) is 0 Å². The Morgan fingerprint density at radius 2 is 1.95 bits per heavy atom. The van der Waals surface area contributed by atoms with Crippen LogP contribution in [0.1, 0.15) is 16.1 Å². The number of carbonyl (C=O) groups is 1. The summed E-state index contributed by atoms with van der Waals surface area (Å²) in [6.45, 7) is 1.74. The third kappa shape index (κ3) is 3.23. The van der Waals surface area contributed by atoms with Crippen molar-refractivity contribution in [3.8, 4) is 0 Å². The van der Waals surface area contributed by atoms with Crippen molar-refractivity contribution in [3.63, 3.8) is 0 Å². The van der Waals surface area contributed by atoms with E-state index in [0.29, 0.717) is 25.3 Å². The summed E-state index contributed by atoms with van der Waals surface area (Å²) in [5.41, 5.74) is 7.35. The number of hydrogen-bond acceptors (Lipinski definition) is 2. The Hall–Kier alpha value is -2.07. The van der Waals surface area contributed by atoms with E-state index in [9.17, 15) is 4.79 Å². The van der Waals surface area contributed by atoms with Gasteiger partial charge >= 0.3 is 0 Å². The molecular formula is C15H19N3O. The van der Waals surface area contributed by atoms with E-state index in [-0.39, 0.29) is 5.91 Å². The molecule has 1 heterocycles. The molecule has 19 heavy (non-hydrogen) atoms. The molecule has 0 unspecified atom stereocenters. The molecule has 2 N–H and O–H groups in total. The molecule has 0 atom stereocenters. The van der Waals surface area contributed by atoms with Crippen LogP contribution in [0.5, 0.6) is 0 Å². The molecular weight excluding hydrogens is 238 g/mol. The second kappa shape index (κ2) is 6.20. The van der Waals surface area contributed by atoms with Crippen LogP contribution >= 0.6 is 0 Å². The van der Waals surface area contributed by atoms with E-state index in [4.69, 9.17) is 5.73 Å². The van der Waals surface area contributed by atoms with Crippen LogP contribution in [0.4, 0.5) is 0 Å². The van der Waals surface area contributed by atoms with Gasteiger partial charge in [0.25, 0.3) is 5.91 Å². The fourth-order valence-electron chi connectivity index (χ4n) is 2.02. The topological polar surface area (TPSA) is 51.3 Å². The predicted octanol–water partition coefficient (Wildman–Crippen LogP) is 1.57. The molecule has 0 bridgehead atoms. The minimum atomic E-state index is 0.00591. The largest absolute Gasteiger partial charge is 0.339 e. The molecule has 0 fully saturated rings. The average molecular weight is 257 g/mol. The first kappa shape index (κ1) is 13.4. The Bertz CT molecular complexity index is 533. The molecule has 0 spiro atoms. The van der Waals surface area contributed by atoms with E-state index in [0.717, 1.165) is 0 Å². The fourth-order valence-corrected chi connectivity index (χ4v) is 2.02. The quantitative estimate of drug-likeness (QED) is 0.884. The van der Waals surface area contributed by atoms with Crippen molar-refractivity contribution >= 4 is 5.91 Å². The van der Waals surface area contributed by atoms with Crippen LogP contribution in [-0.2, 0) is 6.54 Å². The summed E-state index contributed by atoms with van der Waals surface area (Å²) in [5.74, 6) is 0.00591. The second-order valence-electron chi connectivity index (χ2n) is 4.52. The fraction of sp³-hybridized carbons (Fsp3) is 0.267. The Labute approximate surface area is 113 Å². The molecule has 0 saturated carbocycles. The Morgan fingerprint density at radius 1 is 1.21 bits per heavy atom. The van der Waals surface area contributed by atoms with Crippen molar-refractivity contribution in [2.45, 2.75) is 6.54 Å². The van der Waals surface area contributed by atoms with E-state index in [1.165, 1.54) is 5.56 Å². The van der Waals surface area contributed by atoms with E-state index in [1.54, 1.807) is 11.9 Å². The van der Waals surface area contributed by atoms with Crippen LogP contribution in [0.15, 0.2) is 48.7 Å². The van der Waals surface area contributed by atoms with E-state index in [1.807, 2.05) is 41.1 Å². The minimum absolute atomic E-state index is 0.00591. The monoisotopic (exact) mass is 257 g/mol. The highest BCUT2D eigenvalue weighted by molar-refractivity contribution is 5.92. The Kier molecular flexibility index (Phi) is 4.36. The van der Waals surface area contributed by atoms with Gasteiger partial charge in [0.15, 0.2) is 0 Å². The number of benzene rings is 1. The summed E-state index contributed by atoms with van der Waals surface area (Å²) < 4.78 is 1.96. The molecule has 100 valence electrons. The third-order valence-corrected chi connectivity index (χ3v) is 3.06. The Morgan fingerprint density at radius 3 is 2.63 bits per heavy atom. The van der Waals surface area contributed by atoms with Crippen LogP contribution in [0.3, 0.4) is 0 Å². The maximum atomic E-state index is 12.3. The summed E-state index contributed by atoms with van der Waals surface area (Å²) in [6, 6.07) is 13.8. The Balaban J connectivity index is 2.16. The van der Waals surface area contributed by atoms with Gasteiger partial charge in [0.1, 0.15) is 5.69 Å². The zero-order valence-electron chi connectivity index (χ0n) is 11.1. The number of rotatable bonds is 5. The van der Waals surface area contributed by atoms with E-state index in [2.05, 4.69) is 12.1 Å². The first-order chi connectivity index (χ1) is 9.22. The molecule has 0 aliphatic carbocycles. The van der Waals surface area contributed by atoms with Crippen molar-refractivity contribution in [2.75, 3.05) is 20.1 Å². The smallest absolute Gasteiger partial charge is 0.270 e. The molecule has 2 rings (SSSR count). The number of nitrogens with zero attached hydrogens (tertiary/aromatic N) is 2. The lowest BCUT2D eigenvalue weighted by atomic mass is 10.2. The van der Waals surface area contributed by atoms with E-state index >= 15 is 0 Å². The van der Waals surface area contributed by atoms with Gasteiger partial charge in [0.05, 0.1) is 0 Å². The number of nitrogens with two attached hydrogens (primary N) is 1. The summed E-state index contributed by atoms with van der Waals surface area (Å²) in [6.07, 6.45) is 1.93. The van der Waals surface area contributed by atoms with Crippen molar-refractivity contribution in [1.29, 1.82) is 0 Å². The first-order valence-electron chi connectivity index (χ1n) is 6.37. The lowest BCUT2D eigenvalue weighted by Gasteiger charge is -2.17. The lowest BCUT2D eigenvalue weighted by Crippen LogP contribution is -2.33. The molecule has 4 heteroatoms. The van der Waals surface area contributed by atoms with Crippen molar-refractivity contribution in [1.82, 2.24) is 9.47 Å². The van der Waals surface area contributed by atoms with Crippen LogP contribution in [-0.4, -0.2) is 35.5 Å². The minimum Gasteiger partial charge on any atom is -0.339 e. The van der Waals surface area contributed by atoms with Gasteiger partial charge in [-0.3, -0.25) is 4.79 Å². The molecule has 0 aliphatic heterocycles. The van der Waals surface area contributed by atoms with Crippen LogP contribution in [0.2, 0.25) is 0 Å². The van der Waals surface area contributed by atoms with Gasteiger partial charge in [0.2, 0.25) is 0 Å². The molecule has 0 radical (unpaired) electrons. The van der Waals surface area contributed by atoms with Gasteiger partial charge in [-0.1, -0.05) is 30.3 Å². The van der Waals surface area contributed by atoms with Gasteiger partial charge in [0, 0.05) is 32.9 Å². The molecule has 1 aromatic heterocycles. The summed E-state index contributed by atoms with van der Waals surface area (Å²) in [5, 5.41) is 0. The zero-order chi connectivity index (χ0) is 13.7. The number of aromatic nitrogens is 1. The first-order valence-corrected chi connectivity index (χ1v) is 6.37. The number of likely N-dealkylation sites (N-methyl/N-ethyl adjacent to an activating group) is 1. The molecule has 1 amide bonds. The molecule has 0 saturated heterocycles. The second-order valence-corrected chi connectivity index (χ2v) is 4.52. The van der Waals surface area contributed by atoms with Gasteiger partial charge in [-0.25, -0.2) is 0 Å². The van der Waals surface area contributed by atoms with E-state index < -0.39 is 0 Å².